The van der Waals surface area contributed by atoms with Crippen LogP contribution in [0.15, 0.2) is 54.6 Å². The molecule has 2 N–H and O–H groups in total. The average Bonchev–Trinajstić information content (AvgIpc) is 3.34. The summed E-state index contributed by atoms with van der Waals surface area (Å²) >= 11 is 0. The van der Waals surface area contributed by atoms with E-state index in [0.29, 0.717) is 36.3 Å². The molecule has 2 unspecified atom stereocenters. The largest absolute Gasteiger partial charge is 0.480 e. The number of para-hydroxylation sites is 1. The minimum absolute atomic E-state index is 0.131. The van der Waals surface area contributed by atoms with Crippen molar-refractivity contribution in [3.8, 4) is 23.8 Å². The maximum absolute atomic E-state index is 12.8. The lowest BCUT2D eigenvalue weighted by molar-refractivity contribution is -0.149. The molecule has 1 saturated carbocycles. The molecule has 31 heavy (non-hydrogen) atoms. The van der Waals surface area contributed by atoms with Gasteiger partial charge in [-0.25, -0.2) is 4.79 Å². The molecule has 7 heteroatoms. The molecule has 2 fully saturated rings. The minimum Gasteiger partial charge on any atom is -0.480 e. The number of rotatable bonds is 6. The first-order valence-electron chi connectivity index (χ1n) is 10.1. The fraction of sp³-hybridized carbons (Fsp3) is 0.292. The minimum atomic E-state index is -1.05. The van der Waals surface area contributed by atoms with E-state index in [0.717, 1.165) is 0 Å². The molecule has 2 aromatic rings. The summed E-state index contributed by atoms with van der Waals surface area (Å²) in [6.07, 6.45) is 7.06. The number of carboxylic acid groups (broad SMARTS) is 1. The van der Waals surface area contributed by atoms with E-state index in [1.807, 2.05) is 30.3 Å². The topological polar surface area (TPSA) is 95.9 Å². The van der Waals surface area contributed by atoms with Gasteiger partial charge in [-0.3, -0.25) is 9.59 Å². The number of amides is 2. The van der Waals surface area contributed by atoms with Gasteiger partial charge >= 0.3 is 5.97 Å². The van der Waals surface area contributed by atoms with Crippen molar-refractivity contribution in [2.45, 2.75) is 30.8 Å². The molecule has 1 saturated heterocycles. The molecule has 4 rings (SSSR count). The lowest BCUT2D eigenvalue weighted by atomic mass is 10.1. The second-order valence-corrected chi connectivity index (χ2v) is 7.81. The van der Waals surface area contributed by atoms with Gasteiger partial charge in [0.15, 0.2) is 0 Å². The van der Waals surface area contributed by atoms with Crippen LogP contribution in [0.5, 0.6) is 11.5 Å². The van der Waals surface area contributed by atoms with E-state index in [1.54, 1.807) is 24.3 Å². The Morgan fingerprint density at radius 2 is 1.81 bits per heavy atom. The zero-order valence-corrected chi connectivity index (χ0v) is 16.8. The van der Waals surface area contributed by atoms with Crippen LogP contribution >= 0.6 is 0 Å². The summed E-state index contributed by atoms with van der Waals surface area (Å²) < 4.78 is 5.70. The van der Waals surface area contributed by atoms with Crippen molar-refractivity contribution in [2.75, 3.05) is 6.54 Å². The molecule has 1 heterocycles. The van der Waals surface area contributed by atoms with Crippen LogP contribution in [-0.2, 0) is 9.59 Å². The van der Waals surface area contributed by atoms with E-state index in [-0.39, 0.29) is 12.5 Å². The average molecular weight is 418 g/mol. The molecule has 158 valence electrons. The maximum atomic E-state index is 12.8. The maximum Gasteiger partial charge on any atom is 0.326 e. The van der Waals surface area contributed by atoms with Crippen LogP contribution in [0.4, 0.5) is 0 Å². The molecule has 2 aromatic carbocycles. The third-order valence-electron chi connectivity index (χ3n) is 5.94. The number of nitrogens with zero attached hydrogens (tertiary/aromatic N) is 1. The standard InChI is InChI=1S/C24H22N2O5/c1-2-17-14-24(17)13-12-20(23(29)30)26(24)21(27)15-25-22(28)16-8-10-19(11-9-16)31-18-6-4-3-5-7-18/h1,3-11,17,20H,12-15H2,(H,25,28)(H,29,30)/t17?,20-,24?/m0/s1. The summed E-state index contributed by atoms with van der Waals surface area (Å²) in [5.41, 5.74) is -0.206. The quantitative estimate of drug-likeness (QED) is 0.704. The monoisotopic (exact) mass is 418 g/mol. The van der Waals surface area contributed by atoms with E-state index in [9.17, 15) is 19.5 Å². The molecular weight excluding hydrogens is 396 g/mol. The van der Waals surface area contributed by atoms with Gasteiger partial charge in [0.1, 0.15) is 17.5 Å². The first-order valence-corrected chi connectivity index (χ1v) is 10.1. The van der Waals surface area contributed by atoms with E-state index < -0.39 is 29.4 Å². The van der Waals surface area contributed by atoms with Crippen molar-refractivity contribution in [3.05, 3.63) is 60.2 Å². The van der Waals surface area contributed by atoms with Crippen molar-refractivity contribution in [1.82, 2.24) is 10.2 Å². The third kappa shape index (κ3) is 3.97. The van der Waals surface area contributed by atoms with Crippen molar-refractivity contribution < 1.29 is 24.2 Å². The molecule has 0 aromatic heterocycles. The van der Waals surface area contributed by atoms with Crippen molar-refractivity contribution in [1.29, 1.82) is 0 Å². The third-order valence-corrected chi connectivity index (χ3v) is 5.94. The SMILES string of the molecule is C#CC1CC12CC[C@@H](C(=O)O)N2C(=O)CNC(=O)c1ccc(Oc2ccccc2)cc1. The van der Waals surface area contributed by atoms with Crippen LogP contribution in [0.2, 0.25) is 0 Å². The Morgan fingerprint density at radius 1 is 1.13 bits per heavy atom. The second kappa shape index (κ2) is 8.15. The number of benzene rings is 2. The van der Waals surface area contributed by atoms with E-state index in [4.69, 9.17) is 11.2 Å². The normalized spacial score (nSPS) is 23.8. The van der Waals surface area contributed by atoms with Gasteiger partial charge in [0, 0.05) is 11.5 Å². The Kier molecular flexibility index (Phi) is 5.38. The molecule has 1 spiro atoms. The Labute approximate surface area is 180 Å². The van der Waals surface area contributed by atoms with Crippen LogP contribution < -0.4 is 10.1 Å². The van der Waals surface area contributed by atoms with Crippen LogP contribution in [0, 0.1) is 18.3 Å². The predicted octanol–water partition coefficient (Wildman–Crippen LogP) is 2.68. The molecule has 7 nitrogen and oxygen atoms in total. The molecule has 2 amide bonds. The van der Waals surface area contributed by atoms with E-state index in [2.05, 4.69) is 11.2 Å². The molecule has 0 bridgehead atoms. The first kappa shape index (κ1) is 20.5. The number of nitrogens with one attached hydrogen (secondary N) is 1. The molecule has 1 aliphatic carbocycles. The molecule has 1 aliphatic heterocycles. The zero-order valence-electron chi connectivity index (χ0n) is 16.8. The Morgan fingerprint density at radius 3 is 2.42 bits per heavy atom. The smallest absolute Gasteiger partial charge is 0.326 e. The van der Waals surface area contributed by atoms with Crippen LogP contribution in [-0.4, -0.2) is 45.9 Å². The molecule has 0 radical (unpaired) electrons. The van der Waals surface area contributed by atoms with Gasteiger partial charge in [-0.05, 0) is 55.7 Å². The van der Waals surface area contributed by atoms with Crippen molar-refractivity contribution in [3.63, 3.8) is 0 Å². The number of carbonyl (C=O) groups excluding carboxylic acids is 2. The van der Waals surface area contributed by atoms with Gasteiger partial charge in [-0.15, -0.1) is 12.3 Å². The number of ether oxygens (including phenoxy) is 1. The highest BCUT2D eigenvalue weighted by molar-refractivity contribution is 5.97. The highest BCUT2D eigenvalue weighted by atomic mass is 16.5. The molecular formula is C24H22N2O5. The van der Waals surface area contributed by atoms with Crippen molar-refractivity contribution in [2.24, 2.45) is 5.92 Å². The lowest BCUT2D eigenvalue weighted by Gasteiger charge is -2.29. The van der Waals surface area contributed by atoms with Crippen molar-refractivity contribution >= 4 is 17.8 Å². The van der Waals surface area contributed by atoms with Gasteiger partial charge in [0.25, 0.3) is 5.91 Å². The second-order valence-electron chi connectivity index (χ2n) is 7.81. The van der Waals surface area contributed by atoms with Gasteiger partial charge in [-0.1, -0.05) is 18.2 Å². The Bertz CT molecular complexity index is 1040. The number of carbonyl (C=O) groups is 3. The summed E-state index contributed by atoms with van der Waals surface area (Å²) in [4.78, 5) is 38.3. The van der Waals surface area contributed by atoms with Crippen LogP contribution in [0.1, 0.15) is 29.6 Å². The summed E-state index contributed by atoms with van der Waals surface area (Å²) in [5, 5.41) is 12.1. The van der Waals surface area contributed by atoms with Gasteiger partial charge in [0.2, 0.25) is 5.91 Å². The number of aliphatic carboxylic acids is 1. The summed E-state index contributed by atoms with van der Waals surface area (Å²) in [7, 11) is 0. The zero-order chi connectivity index (χ0) is 22.0. The fourth-order valence-corrected chi connectivity index (χ4v) is 4.30. The van der Waals surface area contributed by atoms with Gasteiger partial charge in [-0.2, -0.15) is 0 Å². The predicted molar refractivity (Wildman–Crippen MR) is 112 cm³/mol. The number of hydrogen-bond donors (Lipinski definition) is 2. The lowest BCUT2D eigenvalue weighted by Crippen LogP contribution is -2.50. The molecule has 2 aliphatic rings. The number of carboxylic acids is 1. The summed E-state index contributed by atoms with van der Waals surface area (Å²) in [6, 6.07) is 14.9. The first-order chi connectivity index (χ1) is 14.9. The Balaban J connectivity index is 1.37. The summed E-state index contributed by atoms with van der Waals surface area (Å²) in [5.74, 6) is 1.87. The van der Waals surface area contributed by atoms with Crippen LogP contribution in [0.25, 0.3) is 0 Å². The van der Waals surface area contributed by atoms with E-state index in [1.165, 1.54) is 4.90 Å². The fourth-order valence-electron chi connectivity index (χ4n) is 4.30. The number of hydrogen-bond acceptors (Lipinski definition) is 4. The van der Waals surface area contributed by atoms with Gasteiger partial charge < -0.3 is 20.1 Å². The van der Waals surface area contributed by atoms with Crippen LogP contribution in [0.3, 0.4) is 0 Å². The summed E-state index contributed by atoms with van der Waals surface area (Å²) in [6.45, 7) is -0.288. The number of terminal acetylenes is 1. The number of likely N-dealkylation sites (tertiary alicyclic amines) is 1. The van der Waals surface area contributed by atoms with E-state index >= 15 is 0 Å². The highest BCUT2D eigenvalue weighted by Crippen LogP contribution is 2.56. The Hall–Kier alpha value is -3.79. The highest BCUT2D eigenvalue weighted by Gasteiger charge is 2.64. The molecule has 3 atom stereocenters. The van der Waals surface area contributed by atoms with Gasteiger partial charge in [0.05, 0.1) is 12.1 Å².